The van der Waals surface area contributed by atoms with Crippen LogP contribution in [0.5, 0.6) is 0 Å². The van der Waals surface area contributed by atoms with Gasteiger partial charge in [0, 0.05) is 6.04 Å². The van der Waals surface area contributed by atoms with Crippen LogP contribution in [0.15, 0.2) is 30.8 Å². The molecular formula is C12H17N. The molecule has 1 nitrogen and oxygen atoms in total. The lowest BCUT2D eigenvalue weighted by molar-refractivity contribution is 0.638. The second-order valence-electron chi connectivity index (χ2n) is 3.27. The molecule has 0 aliphatic heterocycles. The molecule has 70 valence electrons. The first-order chi connectivity index (χ1) is 6.27. The van der Waals surface area contributed by atoms with Crippen LogP contribution in [0.2, 0.25) is 0 Å². The maximum atomic E-state index is 5.99. The van der Waals surface area contributed by atoms with Gasteiger partial charge in [-0.15, -0.1) is 0 Å². The van der Waals surface area contributed by atoms with E-state index in [0.717, 1.165) is 18.4 Å². The molecule has 0 aliphatic carbocycles. The molecule has 2 N–H and O–H groups in total. The molecule has 13 heavy (non-hydrogen) atoms. The van der Waals surface area contributed by atoms with Gasteiger partial charge in [0.15, 0.2) is 0 Å². The SMILES string of the molecule is C=Cc1cccc(C(N)CCC)c1. The molecule has 0 radical (unpaired) electrons. The highest BCUT2D eigenvalue weighted by molar-refractivity contribution is 5.48. The summed E-state index contributed by atoms with van der Waals surface area (Å²) in [5.41, 5.74) is 8.35. The number of rotatable bonds is 4. The summed E-state index contributed by atoms with van der Waals surface area (Å²) in [5.74, 6) is 0. The standard InChI is InChI=1S/C12H17N/c1-3-6-12(13)11-8-5-7-10(4-2)9-11/h4-5,7-9,12H,2-3,6,13H2,1H3. The Kier molecular flexibility index (Phi) is 3.71. The minimum Gasteiger partial charge on any atom is -0.324 e. The van der Waals surface area contributed by atoms with Crippen LogP contribution in [0.3, 0.4) is 0 Å². The monoisotopic (exact) mass is 175 g/mol. The number of nitrogens with two attached hydrogens (primary N) is 1. The predicted octanol–water partition coefficient (Wildman–Crippen LogP) is 3.13. The van der Waals surface area contributed by atoms with Crippen molar-refractivity contribution in [2.75, 3.05) is 0 Å². The summed E-state index contributed by atoms with van der Waals surface area (Å²) in [7, 11) is 0. The molecule has 0 aromatic heterocycles. The van der Waals surface area contributed by atoms with Crippen molar-refractivity contribution < 1.29 is 0 Å². The van der Waals surface area contributed by atoms with Crippen molar-refractivity contribution in [3.8, 4) is 0 Å². The van der Waals surface area contributed by atoms with Gasteiger partial charge >= 0.3 is 0 Å². The second kappa shape index (κ2) is 4.83. The van der Waals surface area contributed by atoms with E-state index in [0.29, 0.717) is 0 Å². The highest BCUT2D eigenvalue weighted by atomic mass is 14.6. The van der Waals surface area contributed by atoms with Gasteiger partial charge < -0.3 is 5.73 Å². The third-order valence-electron chi connectivity index (χ3n) is 2.17. The van der Waals surface area contributed by atoms with Crippen molar-refractivity contribution in [2.45, 2.75) is 25.8 Å². The van der Waals surface area contributed by atoms with Crippen molar-refractivity contribution in [1.82, 2.24) is 0 Å². The summed E-state index contributed by atoms with van der Waals surface area (Å²) in [6.07, 6.45) is 4.02. The molecule has 1 heteroatoms. The lowest BCUT2D eigenvalue weighted by atomic mass is 10.0. The van der Waals surface area contributed by atoms with Crippen LogP contribution in [0.25, 0.3) is 6.08 Å². The molecule has 0 aliphatic rings. The fraction of sp³-hybridized carbons (Fsp3) is 0.333. The van der Waals surface area contributed by atoms with E-state index in [9.17, 15) is 0 Å². The number of benzene rings is 1. The van der Waals surface area contributed by atoms with Gasteiger partial charge in [-0.25, -0.2) is 0 Å². The first-order valence-corrected chi connectivity index (χ1v) is 4.76. The minimum atomic E-state index is 0.171. The molecule has 1 aromatic rings. The third kappa shape index (κ3) is 2.71. The fourth-order valence-corrected chi connectivity index (χ4v) is 1.39. The topological polar surface area (TPSA) is 26.0 Å². The van der Waals surface area contributed by atoms with E-state index in [1.165, 1.54) is 5.56 Å². The van der Waals surface area contributed by atoms with E-state index >= 15 is 0 Å². The minimum absolute atomic E-state index is 0.171. The largest absolute Gasteiger partial charge is 0.324 e. The van der Waals surface area contributed by atoms with Crippen molar-refractivity contribution >= 4 is 6.08 Å². The summed E-state index contributed by atoms with van der Waals surface area (Å²) >= 11 is 0. The second-order valence-corrected chi connectivity index (χ2v) is 3.27. The van der Waals surface area contributed by atoms with Crippen molar-refractivity contribution in [3.63, 3.8) is 0 Å². The van der Waals surface area contributed by atoms with Gasteiger partial charge in [-0.2, -0.15) is 0 Å². The molecule has 0 spiro atoms. The van der Waals surface area contributed by atoms with E-state index in [-0.39, 0.29) is 6.04 Å². The molecule has 0 saturated heterocycles. The summed E-state index contributed by atoms with van der Waals surface area (Å²) in [6, 6.07) is 8.42. The van der Waals surface area contributed by atoms with Crippen LogP contribution in [0.1, 0.15) is 36.9 Å². The lowest BCUT2D eigenvalue weighted by Gasteiger charge is -2.10. The molecular weight excluding hydrogens is 158 g/mol. The van der Waals surface area contributed by atoms with Crippen molar-refractivity contribution in [1.29, 1.82) is 0 Å². The Bertz CT molecular complexity index is 278. The van der Waals surface area contributed by atoms with Crippen molar-refractivity contribution in [3.05, 3.63) is 42.0 Å². The summed E-state index contributed by atoms with van der Waals surface area (Å²) < 4.78 is 0. The molecule has 1 unspecified atom stereocenters. The molecule has 0 fully saturated rings. The maximum Gasteiger partial charge on any atom is 0.0294 e. The summed E-state index contributed by atoms with van der Waals surface area (Å²) in [4.78, 5) is 0. The van der Waals surface area contributed by atoms with Gasteiger partial charge in [0.05, 0.1) is 0 Å². The van der Waals surface area contributed by atoms with Crippen LogP contribution in [-0.4, -0.2) is 0 Å². The number of hydrogen-bond donors (Lipinski definition) is 1. The Morgan fingerprint density at radius 2 is 2.31 bits per heavy atom. The van der Waals surface area contributed by atoms with E-state index < -0.39 is 0 Å². The van der Waals surface area contributed by atoms with Gasteiger partial charge in [-0.3, -0.25) is 0 Å². The van der Waals surface area contributed by atoms with Crippen molar-refractivity contribution in [2.24, 2.45) is 5.73 Å². The van der Waals surface area contributed by atoms with Crippen LogP contribution >= 0.6 is 0 Å². The molecule has 0 bridgehead atoms. The van der Waals surface area contributed by atoms with Gasteiger partial charge in [-0.05, 0) is 17.5 Å². The Morgan fingerprint density at radius 3 is 2.92 bits per heavy atom. The molecule has 1 aromatic carbocycles. The Balaban J connectivity index is 2.81. The van der Waals surface area contributed by atoms with E-state index in [2.05, 4.69) is 25.6 Å². The van der Waals surface area contributed by atoms with Crippen LogP contribution in [-0.2, 0) is 0 Å². The third-order valence-corrected chi connectivity index (χ3v) is 2.17. The zero-order valence-corrected chi connectivity index (χ0v) is 8.16. The van der Waals surface area contributed by atoms with E-state index in [4.69, 9.17) is 5.73 Å². The lowest BCUT2D eigenvalue weighted by Crippen LogP contribution is -2.09. The average Bonchev–Trinajstić information content (AvgIpc) is 2.18. The van der Waals surface area contributed by atoms with E-state index in [1.54, 1.807) is 0 Å². The summed E-state index contributed by atoms with van der Waals surface area (Å²) in [6.45, 7) is 5.89. The first kappa shape index (κ1) is 10.0. The quantitative estimate of drug-likeness (QED) is 0.747. The average molecular weight is 175 g/mol. The Hall–Kier alpha value is -1.08. The molecule has 1 rings (SSSR count). The van der Waals surface area contributed by atoms with E-state index in [1.807, 2.05) is 18.2 Å². The highest BCUT2D eigenvalue weighted by Crippen LogP contribution is 2.17. The Morgan fingerprint density at radius 1 is 1.54 bits per heavy atom. The maximum absolute atomic E-state index is 5.99. The zero-order chi connectivity index (χ0) is 9.68. The van der Waals surface area contributed by atoms with Gasteiger partial charge in [0.1, 0.15) is 0 Å². The zero-order valence-electron chi connectivity index (χ0n) is 8.16. The smallest absolute Gasteiger partial charge is 0.0294 e. The molecule has 1 atom stereocenters. The fourth-order valence-electron chi connectivity index (χ4n) is 1.39. The van der Waals surface area contributed by atoms with Crippen LogP contribution in [0, 0.1) is 0 Å². The molecule has 0 saturated carbocycles. The normalized spacial score (nSPS) is 12.5. The van der Waals surface area contributed by atoms with Gasteiger partial charge in [0.2, 0.25) is 0 Å². The molecule has 0 amide bonds. The van der Waals surface area contributed by atoms with Crippen LogP contribution < -0.4 is 5.73 Å². The predicted molar refractivity (Wildman–Crippen MR) is 58.4 cm³/mol. The molecule has 0 heterocycles. The van der Waals surface area contributed by atoms with Crippen LogP contribution in [0.4, 0.5) is 0 Å². The van der Waals surface area contributed by atoms with Gasteiger partial charge in [-0.1, -0.05) is 50.3 Å². The first-order valence-electron chi connectivity index (χ1n) is 4.76. The summed E-state index contributed by atoms with van der Waals surface area (Å²) in [5, 5.41) is 0. The van der Waals surface area contributed by atoms with Gasteiger partial charge in [0.25, 0.3) is 0 Å². The highest BCUT2D eigenvalue weighted by Gasteiger charge is 2.03. The Labute approximate surface area is 80.3 Å². The number of hydrogen-bond acceptors (Lipinski definition) is 1.